The maximum absolute atomic E-state index is 6.30. The van der Waals surface area contributed by atoms with Crippen molar-refractivity contribution in [3.8, 4) is 0 Å². The number of hydrogen-bond acceptors (Lipinski definition) is 1. The molecule has 0 aliphatic carbocycles. The predicted octanol–water partition coefficient (Wildman–Crippen LogP) is 5.78. The Morgan fingerprint density at radius 1 is 0.680 bits per heavy atom. The van der Waals surface area contributed by atoms with Gasteiger partial charge in [0.15, 0.2) is 0 Å². The van der Waals surface area contributed by atoms with E-state index in [2.05, 4.69) is 91.0 Å². The van der Waals surface area contributed by atoms with E-state index < -0.39 is 0 Å². The highest BCUT2D eigenvalue weighted by Gasteiger charge is 2.31. The SMILES string of the molecule is c1ccc(C(c2ccccc2)[C@H]2C[C@@H](c3ccccc3)CCO2)cc1. The minimum atomic E-state index is 0.212. The van der Waals surface area contributed by atoms with Crippen LogP contribution in [0.4, 0.5) is 0 Å². The first-order valence-electron chi connectivity index (χ1n) is 9.18. The van der Waals surface area contributed by atoms with Crippen LogP contribution >= 0.6 is 0 Å². The van der Waals surface area contributed by atoms with Crippen molar-refractivity contribution in [3.05, 3.63) is 108 Å². The second kappa shape index (κ2) is 7.67. The predicted molar refractivity (Wildman–Crippen MR) is 103 cm³/mol. The molecule has 0 unspecified atom stereocenters. The van der Waals surface area contributed by atoms with Crippen LogP contribution in [0.25, 0.3) is 0 Å². The Balaban J connectivity index is 1.65. The minimum absolute atomic E-state index is 0.212. The number of hydrogen-bond donors (Lipinski definition) is 0. The molecule has 1 saturated heterocycles. The second-order valence-electron chi connectivity index (χ2n) is 6.84. The van der Waals surface area contributed by atoms with Gasteiger partial charge in [-0.25, -0.2) is 0 Å². The quantitative estimate of drug-likeness (QED) is 0.590. The lowest BCUT2D eigenvalue weighted by molar-refractivity contribution is -0.00277. The highest BCUT2D eigenvalue weighted by Crippen LogP contribution is 2.39. The van der Waals surface area contributed by atoms with E-state index in [1.807, 2.05) is 0 Å². The van der Waals surface area contributed by atoms with Crippen LogP contribution in [-0.2, 0) is 4.74 Å². The summed E-state index contributed by atoms with van der Waals surface area (Å²) in [6, 6.07) is 32.5. The first kappa shape index (κ1) is 16.1. The van der Waals surface area contributed by atoms with Crippen LogP contribution in [0.15, 0.2) is 91.0 Å². The van der Waals surface area contributed by atoms with Gasteiger partial charge in [0.2, 0.25) is 0 Å². The normalized spacial score (nSPS) is 20.5. The van der Waals surface area contributed by atoms with Crippen LogP contribution in [0.5, 0.6) is 0 Å². The zero-order valence-corrected chi connectivity index (χ0v) is 14.4. The Bertz CT molecular complexity index is 727. The molecule has 0 bridgehead atoms. The highest BCUT2D eigenvalue weighted by atomic mass is 16.5. The van der Waals surface area contributed by atoms with Crippen molar-refractivity contribution < 1.29 is 4.74 Å². The molecular weight excluding hydrogens is 304 g/mol. The van der Waals surface area contributed by atoms with Gasteiger partial charge in [0.1, 0.15) is 0 Å². The van der Waals surface area contributed by atoms with E-state index in [9.17, 15) is 0 Å². The molecule has 3 aromatic rings. The van der Waals surface area contributed by atoms with Gasteiger partial charge in [-0.3, -0.25) is 0 Å². The average molecular weight is 328 g/mol. The van der Waals surface area contributed by atoms with Gasteiger partial charge in [-0.15, -0.1) is 0 Å². The second-order valence-corrected chi connectivity index (χ2v) is 6.84. The van der Waals surface area contributed by atoms with Gasteiger partial charge in [-0.1, -0.05) is 91.0 Å². The lowest BCUT2D eigenvalue weighted by atomic mass is 9.79. The fourth-order valence-corrected chi connectivity index (χ4v) is 4.03. The summed E-state index contributed by atoms with van der Waals surface area (Å²) in [4.78, 5) is 0. The molecule has 0 N–H and O–H groups in total. The fourth-order valence-electron chi connectivity index (χ4n) is 4.03. The molecule has 1 aliphatic heterocycles. The standard InChI is InChI=1S/C24H24O/c1-4-10-19(11-5-1)22-16-17-25-23(18-22)24(20-12-6-2-7-13-20)21-14-8-3-9-15-21/h1-15,22-24H,16-18H2/t22-,23+/m0/s1. The first-order chi connectivity index (χ1) is 12.4. The average Bonchev–Trinajstić information content (AvgIpc) is 2.71. The van der Waals surface area contributed by atoms with Gasteiger partial charge < -0.3 is 4.74 Å². The molecule has 2 atom stereocenters. The fraction of sp³-hybridized carbons (Fsp3) is 0.250. The van der Waals surface area contributed by atoms with E-state index in [0.717, 1.165) is 19.4 Å². The summed E-state index contributed by atoms with van der Waals surface area (Å²) in [7, 11) is 0. The molecule has 126 valence electrons. The maximum atomic E-state index is 6.30. The molecule has 0 radical (unpaired) electrons. The third-order valence-electron chi connectivity index (χ3n) is 5.28. The Labute approximate surface area is 150 Å². The van der Waals surface area contributed by atoms with Gasteiger partial charge in [0, 0.05) is 12.5 Å². The smallest absolute Gasteiger partial charge is 0.0690 e. The summed E-state index contributed by atoms with van der Waals surface area (Å²) in [6.07, 6.45) is 2.39. The van der Waals surface area contributed by atoms with Gasteiger partial charge in [-0.2, -0.15) is 0 Å². The number of ether oxygens (including phenoxy) is 1. The molecule has 25 heavy (non-hydrogen) atoms. The van der Waals surface area contributed by atoms with Crippen LogP contribution in [0.1, 0.15) is 41.4 Å². The van der Waals surface area contributed by atoms with Gasteiger partial charge in [0.05, 0.1) is 6.10 Å². The lowest BCUT2D eigenvalue weighted by Gasteiger charge is -2.35. The van der Waals surface area contributed by atoms with Gasteiger partial charge in [-0.05, 0) is 35.4 Å². The van der Waals surface area contributed by atoms with Crippen molar-refractivity contribution >= 4 is 0 Å². The molecule has 0 spiro atoms. The van der Waals surface area contributed by atoms with E-state index in [0.29, 0.717) is 5.92 Å². The van der Waals surface area contributed by atoms with Crippen LogP contribution in [0.3, 0.4) is 0 Å². The van der Waals surface area contributed by atoms with Crippen LogP contribution in [0, 0.1) is 0 Å². The van der Waals surface area contributed by atoms with Crippen molar-refractivity contribution in [2.45, 2.75) is 30.8 Å². The van der Waals surface area contributed by atoms with Gasteiger partial charge >= 0.3 is 0 Å². The van der Waals surface area contributed by atoms with Crippen molar-refractivity contribution in [3.63, 3.8) is 0 Å². The summed E-state index contributed by atoms with van der Waals surface area (Å²) in [6.45, 7) is 0.834. The van der Waals surface area contributed by atoms with E-state index in [1.54, 1.807) is 0 Å². The molecule has 3 aromatic carbocycles. The molecule has 0 aromatic heterocycles. The van der Waals surface area contributed by atoms with Crippen LogP contribution < -0.4 is 0 Å². The van der Waals surface area contributed by atoms with Crippen molar-refractivity contribution in [1.29, 1.82) is 0 Å². The van der Waals surface area contributed by atoms with E-state index >= 15 is 0 Å². The third kappa shape index (κ3) is 3.67. The number of rotatable bonds is 4. The van der Waals surface area contributed by atoms with Crippen molar-refractivity contribution in [1.82, 2.24) is 0 Å². The molecule has 1 heterocycles. The largest absolute Gasteiger partial charge is 0.377 e. The molecule has 1 fully saturated rings. The summed E-state index contributed by atoms with van der Waals surface area (Å²) in [5, 5.41) is 0. The Morgan fingerprint density at radius 2 is 1.20 bits per heavy atom. The molecule has 1 aliphatic rings. The highest BCUT2D eigenvalue weighted by molar-refractivity contribution is 5.34. The zero-order chi connectivity index (χ0) is 16.9. The maximum Gasteiger partial charge on any atom is 0.0690 e. The lowest BCUT2D eigenvalue weighted by Crippen LogP contribution is -2.31. The zero-order valence-electron chi connectivity index (χ0n) is 14.4. The monoisotopic (exact) mass is 328 g/mol. The van der Waals surface area contributed by atoms with E-state index in [1.165, 1.54) is 16.7 Å². The number of benzene rings is 3. The molecular formula is C24H24O. The summed E-state index contributed by atoms with van der Waals surface area (Å²) in [5.74, 6) is 0.865. The van der Waals surface area contributed by atoms with Crippen molar-refractivity contribution in [2.75, 3.05) is 6.61 Å². The summed E-state index contributed by atoms with van der Waals surface area (Å²) < 4.78 is 6.30. The van der Waals surface area contributed by atoms with E-state index in [4.69, 9.17) is 4.74 Å². The topological polar surface area (TPSA) is 9.23 Å². The Hall–Kier alpha value is -2.38. The summed E-state index contributed by atoms with van der Waals surface area (Å²) >= 11 is 0. The Kier molecular flexibility index (Phi) is 4.94. The Morgan fingerprint density at radius 3 is 1.76 bits per heavy atom. The first-order valence-corrected chi connectivity index (χ1v) is 9.18. The van der Waals surface area contributed by atoms with Crippen LogP contribution in [0.2, 0.25) is 0 Å². The van der Waals surface area contributed by atoms with Gasteiger partial charge in [0.25, 0.3) is 0 Å². The molecule has 1 nitrogen and oxygen atoms in total. The van der Waals surface area contributed by atoms with Crippen LogP contribution in [-0.4, -0.2) is 12.7 Å². The molecule has 0 amide bonds. The summed E-state index contributed by atoms with van der Waals surface area (Å²) in [5.41, 5.74) is 4.12. The van der Waals surface area contributed by atoms with E-state index in [-0.39, 0.29) is 12.0 Å². The molecule has 4 rings (SSSR count). The third-order valence-corrected chi connectivity index (χ3v) is 5.28. The molecule has 0 saturated carbocycles. The molecule has 1 heteroatoms. The van der Waals surface area contributed by atoms with Crippen molar-refractivity contribution in [2.24, 2.45) is 0 Å². The minimum Gasteiger partial charge on any atom is -0.377 e.